The molecule has 0 spiro atoms. The van der Waals surface area contributed by atoms with Crippen LogP contribution >= 0.6 is 0 Å². The Morgan fingerprint density at radius 2 is 1.89 bits per heavy atom. The van der Waals surface area contributed by atoms with E-state index in [1.807, 2.05) is 42.5 Å². The first-order valence-corrected chi connectivity index (χ1v) is 6.50. The first-order valence-electron chi connectivity index (χ1n) is 6.50. The minimum Gasteiger partial charge on any atom is -0.314 e. The maximum Gasteiger partial charge on any atom is 0.305 e. The fraction of sp³-hybridized carbons (Fsp3) is 0.250. The van der Waals surface area contributed by atoms with Gasteiger partial charge in [0.2, 0.25) is 0 Å². The van der Waals surface area contributed by atoms with E-state index in [2.05, 4.69) is 15.1 Å². The van der Waals surface area contributed by atoms with Crippen LogP contribution in [0.4, 0.5) is 5.69 Å². The van der Waals surface area contributed by atoms with E-state index in [0.717, 1.165) is 36.2 Å². The molecule has 1 aromatic carbocycles. The molecule has 3 nitrogen and oxygen atoms in total. The summed E-state index contributed by atoms with van der Waals surface area (Å²) in [7, 11) is 0. The van der Waals surface area contributed by atoms with E-state index in [1.165, 1.54) is 0 Å². The van der Waals surface area contributed by atoms with Gasteiger partial charge in [0.05, 0.1) is 5.69 Å². The lowest BCUT2D eigenvalue weighted by Gasteiger charge is -2.31. The number of aromatic nitrogens is 1. The average Bonchev–Trinajstić information content (AvgIpc) is 2.45. The molecule has 0 radical (unpaired) electrons. The lowest BCUT2D eigenvalue weighted by molar-refractivity contribution is 0.343. The maximum atomic E-state index is 7.29. The van der Waals surface area contributed by atoms with Gasteiger partial charge in [-0.3, -0.25) is 9.83 Å². The molecule has 0 atom stereocenters. The molecule has 3 rings (SSSR count). The summed E-state index contributed by atoms with van der Waals surface area (Å²) >= 11 is 0. The number of rotatable bonds is 3. The number of hydrogen-bond acceptors (Lipinski definition) is 2. The molecule has 1 saturated carbocycles. The van der Waals surface area contributed by atoms with Gasteiger partial charge >= 0.3 is 5.66 Å². The highest BCUT2D eigenvalue weighted by atomic mass is 15.1. The summed E-state index contributed by atoms with van der Waals surface area (Å²) in [5.41, 5.74) is 2.72. The van der Waals surface area contributed by atoms with Crippen molar-refractivity contribution in [3.63, 3.8) is 0 Å². The number of nitrogens with zero attached hydrogens (tertiary/aromatic N) is 2. The van der Waals surface area contributed by atoms with E-state index in [-0.39, 0.29) is 5.66 Å². The van der Waals surface area contributed by atoms with Crippen LogP contribution in [0.2, 0.25) is 0 Å². The summed E-state index contributed by atoms with van der Waals surface area (Å²) in [5, 5.41) is 3.35. The van der Waals surface area contributed by atoms with Gasteiger partial charge in [-0.05, 0) is 30.7 Å². The van der Waals surface area contributed by atoms with Crippen LogP contribution in [-0.4, -0.2) is 10.6 Å². The standard InChI is InChI=1S/C16H15N3/c1-17-16(10-4-11-16)19-14-8-6-13(7-9-14)15-5-2-3-12-18-15/h2-3,5-9,12,19H,4,10-11H2. The third-order valence-corrected chi connectivity index (χ3v) is 3.62. The van der Waals surface area contributed by atoms with Gasteiger partial charge in [-0.25, -0.2) is 6.57 Å². The van der Waals surface area contributed by atoms with Crippen molar-refractivity contribution in [1.82, 2.24) is 4.98 Å². The number of hydrogen-bond donors (Lipinski definition) is 1. The van der Waals surface area contributed by atoms with Crippen LogP contribution in [0.1, 0.15) is 19.3 Å². The number of nitrogens with one attached hydrogen (secondary N) is 1. The molecule has 0 aliphatic heterocycles. The van der Waals surface area contributed by atoms with Crippen LogP contribution in [0.3, 0.4) is 0 Å². The predicted molar refractivity (Wildman–Crippen MR) is 76.5 cm³/mol. The summed E-state index contributed by atoms with van der Waals surface area (Å²) < 4.78 is 0. The van der Waals surface area contributed by atoms with Crippen molar-refractivity contribution in [2.75, 3.05) is 5.32 Å². The normalized spacial score (nSPS) is 16.2. The zero-order valence-corrected chi connectivity index (χ0v) is 10.6. The molecule has 19 heavy (non-hydrogen) atoms. The molecule has 1 fully saturated rings. The molecule has 0 unspecified atom stereocenters. The van der Waals surface area contributed by atoms with Crippen molar-refractivity contribution in [2.24, 2.45) is 0 Å². The summed E-state index contributed by atoms with van der Waals surface area (Å²) in [6.07, 6.45) is 4.82. The van der Waals surface area contributed by atoms with Crippen LogP contribution in [0, 0.1) is 6.57 Å². The summed E-state index contributed by atoms with van der Waals surface area (Å²) in [4.78, 5) is 8.06. The van der Waals surface area contributed by atoms with Gasteiger partial charge < -0.3 is 5.32 Å². The van der Waals surface area contributed by atoms with Crippen molar-refractivity contribution in [3.8, 4) is 11.3 Å². The Hall–Kier alpha value is -2.34. The molecule has 1 N–H and O–H groups in total. The Bertz CT molecular complexity index is 592. The van der Waals surface area contributed by atoms with E-state index >= 15 is 0 Å². The monoisotopic (exact) mass is 249 g/mol. The second kappa shape index (κ2) is 4.74. The highest BCUT2D eigenvalue weighted by Gasteiger charge is 2.43. The predicted octanol–water partition coefficient (Wildman–Crippen LogP) is 3.96. The topological polar surface area (TPSA) is 29.3 Å². The van der Waals surface area contributed by atoms with E-state index in [9.17, 15) is 0 Å². The third-order valence-electron chi connectivity index (χ3n) is 3.62. The SMILES string of the molecule is [C-]#[N+]C1(Nc2ccc(-c3ccccn3)cc2)CCC1. The highest BCUT2D eigenvalue weighted by Crippen LogP contribution is 2.36. The minimum absolute atomic E-state index is 0.355. The van der Waals surface area contributed by atoms with E-state index in [4.69, 9.17) is 6.57 Å². The van der Waals surface area contributed by atoms with Crippen LogP contribution in [-0.2, 0) is 0 Å². The molecule has 1 aromatic heterocycles. The maximum absolute atomic E-state index is 7.29. The fourth-order valence-electron chi connectivity index (χ4n) is 2.30. The number of benzene rings is 1. The Morgan fingerprint density at radius 3 is 2.42 bits per heavy atom. The van der Waals surface area contributed by atoms with Gasteiger partial charge in [0, 0.05) is 30.3 Å². The largest absolute Gasteiger partial charge is 0.314 e. The van der Waals surface area contributed by atoms with Gasteiger partial charge in [0.1, 0.15) is 0 Å². The molecule has 2 aromatic rings. The van der Waals surface area contributed by atoms with Crippen molar-refractivity contribution >= 4 is 5.69 Å². The van der Waals surface area contributed by atoms with E-state index < -0.39 is 0 Å². The summed E-state index contributed by atoms with van der Waals surface area (Å²) in [6.45, 7) is 7.29. The molecular weight excluding hydrogens is 234 g/mol. The Morgan fingerprint density at radius 1 is 1.11 bits per heavy atom. The number of anilines is 1. The minimum atomic E-state index is -0.355. The van der Waals surface area contributed by atoms with Crippen LogP contribution < -0.4 is 5.32 Å². The zero-order valence-electron chi connectivity index (χ0n) is 10.6. The van der Waals surface area contributed by atoms with Gasteiger partial charge in [-0.1, -0.05) is 18.2 Å². The lowest BCUT2D eigenvalue weighted by atomic mass is 9.85. The zero-order chi connectivity index (χ0) is 13.1. The van der Waals surface area contributed by atoms with Crippen molar-refractivity contribution in [3.05, 3.63) is 60.1 Å². The first kappa shape index (κ1) is 11.7. The molecule has 0 bridgehead atoms. The molecule has 3 heteroatoms. The Balaban J connectivity index is 1.78. The van der Waals surface area contributed by atoms with Gasteiger partial charge in [0.15, 0.2) is 0 Å². The smallest absolute Gasteiger partial charge is 0.305 e. The molecule has 1 aliphatic carbocycles. The van der Waals surface area contributed by atoms with Crippen molar-refractivity contribution in [2.45, 2.75) is 24.9 Å². The van der Waals surface area contributed by atoms with Gasteiger partial charge in [0.25, 0.3) is 0 Å². The van der Waals surface area contributed by atoms with Gasteiger partial charge in [-0.2, -0.15) is 0 Å². The molecule has 0 saturated heterocycles. The van der Waals surface area contributed by atoms with E-state index in [0.29, 0.717) is 0 Å². The quantitative estimate of drug-likeness (QED) is 0.834. The fourth-order valence-corrected chi connectivity index (χ4v) is 2.30. The van der Waals surface area contributed by atoms with Crippen molar-refractivity contribution in [1.29, 1.82) is 0 Å². The molecular formula is C16H15N3. The summed E-state index contributed by atoms with van der Waals surface area (Å²) in [5.74, 6) is 0. The Kier molecular flexibility index (Phi) is 2.92. The first-order chi connectivity index (χ1) is 9.31. The van der Waals surface area contributed by atoms with Gasteiger partial charge in [-0.15, -0.1) is 0 Å². The van der Waals surface area contributed by atoms with Crippen LogP contribution in [0.25, 0.3) is 16.1 Å². The Labute approximate surface area is 113 Å². The second-order valence-corrected chi connectivity index (χ2v) is 4.91. The average molecular weight is 249 g/mol. The third kappa shape index (κ3) is 2.30. The van der Waals surface area contributed by atoms with Crippen LogP contribution in [0.5, 0.6) is 0 Å². The lowest BCUT2D eigenvalue weighted by Crippen LogP contribution is -2.41. The van der Waals surface area contributed by atoms with Crippen molar-refractivity contribution < 1.29 is 0 Å². The molecule has 0 amide bonds. The highest BCUT2D eigenvalue weighted by molar-refractivity contribution is 5.63. The molecule has 1 aliphatic rings. The number of pyridine rings is 1. The molecule has 94 valence electrons. The molecule has 1 heterocycles. The van der Waals surface area contributed by atoms with E-state index in [1.54, 1.807) is 6.20 Å². The second-order valence-electron chi connectivity index (χ2n) is 4.91. The summed E-state index contributed by atoms with van der Waals surface area (Å²) in [6, 6.07) is 14.0. The van der Waals surface area contributed by atoms with Crippen LogP contribution in [0.15, 0.2) is 48.7 Å².